The molecule has 0 saturated heterocycles. The lowest BCUT2D eigenvalue weighted by atomic mass is 10.3. The quantitative estimate of drug-likeness (QED) is 0.710. The van der Waals surface area contributed by atoms with Gasteiger partial charge in [-0.2, -0.15) is 0 Å². The third kappa shape index (κ3) is 6.30. The summed E-state index contributed by atoms with van der Waals surface area (Å²) in [4.78, 5) is 22.8. The lowest BCUT2D eigenvalue weighted by molar-refractivity contribution is -0.118. The average Bonchev–Trinajstić information content (AvgIpc) is 2.61. The van der Waals surface area contributed by atoms with Crippen LogP contribution in [0.3, 0.4) is 0 Å². The Bertz CT molecular complexity index is 892. The summed E-state index contributed by atoms with van der Waals surface area (Å²) in [6.45, 7) is 3.35. The van der Waals surface area contributed by atoms with Crippen molar-refractivity contribution in [3.63, 3.8) is 0 Å². The van der Waals surface area contributed by atoms with Crippen LogP contribution in [0.2, 0.25) is 0 Å². The molecule has 2 aromatic carbocycles. The predicted octanol–water partition coefficient (Wildman–Crippen LogP) is 1.93. The first-order valence-electron chi connectivity index (χ1n) is 8.09. The summed E-state index contributed by atoms with van der Waals surface area (Å²) in [7, 11) is -3.91. The fourth-order valence-electron chi connectivity index (χ4n) is 2.11. The number of rotatable bonds is 8. The van der Waals surface area contributed by atoms with Gasteiger partial charge in [0.05, 0.1) is 11.5 Å². The van der Waals surface area contributed by atoms with E-state index < -0.39 is 21.8 Å². The van der Waals surface area contributed by atoms with Gasteiger partial charge < -0.3 is 14.8 Å². The van der Waals surface area contributed by atoms with E-state index in [0.717, 1.165) is 6.92 Å². The third-order valence-electron chi connectivity index (χ3n) is 3.23. The number of carbonyl (C=O) groups is 2. The van der Waals surface area contributed by atoms with Crippen molar-refractivity contribution in [1.29, 1.82) is 0 Å². The van der Waals surface area contributed by atoms with Gasteiger partial charge in [-0.25, -0.2) is 13.1 Å². The molecule has 0 spiro atoms. The maximum absolute atomic E-state index is 11.9. The van der Waals surface area contributed by atoms with Gasteiger partial charge in [-0.1, -0.05) is 0 Å². The van der Waals surface area contributed by atoms with Crippen LogP contribution in [0.1, 0.15) is 13.8 Å². The maximum atomic E-state index is 11.9. The second-order valence-corrected chi connectivity index (χ2v) is 7.11. The number of benzene rings is 2. The zero-order chi connectivity index (χ0) is 19.9. The van der Waals surface area contributed by atoms with Crippen LogP contribution in [0.5, 0.6) is 11.5 Å². The molecule has 0 aliphatic heterocycles. The largest absolute Gasteiger partial charge is 0.494 e. The molecule has 0 aliphatic carbocycles. The van der Waals surface area contributed by atoms with Gasteiger partial charge in [0, 0.05) is 12.6 Å². The van der Waals surface area contributed by atoms with Crippen molar-refractivity contribution < 1.29 is 27.5 Å². The van der Waals surface area contributed by atoms with E-state index in [-0.39, 0.29) is 11.5 Å². The van der Waals surface area contributed by atoms with Gasteiger partial charge >= 0.3 is 0 Å². The van der Waals surface area contributed by atoms with Gasteiger partial charge in [-0.15, -0.1) is 0 Å². The summed E-state index contributed by atoms with van der Waals surface area (Å²) >= 11 is 0. The SMILES string of the molecule is CCOc1ccc(OCC(=O)Nc2ccc(S(=O)(=O)NC(C)=O)cc2)cc1. The summed E-state index contributed by atoms with van der Waals surface area (Å²) in [6, 6.07) is 12.3. The number of anilines is 1. The number of hydrogen-bond acceptors (Lipinski definition) is 6. The van der Waals surface area contributed by atoms with Crippen LogP contribution >= 0.6 is 0 Å². The molecule has 144 valence electrons. The normalized spacial score (nSPS) is 10.7. The van der Waals surface area contributed by atoms with Crippen molar-refractivity contribution in [2.45, 2.75) is 18.7 Å². The minimum absolute atomic E-state index is 0.0821. The van der Waals surface area contributed by atoms with Gasteiger partial charge in [0.2, 0.25) is 5.91 Å². The number of hydrogen-bond donors (Lipinski definition) is 2. The molecule has 2 rings (SSSR count). The molecular weight excluding hydrogens is 372 g/mol. The molecule has 0 bridgehead atoms. The molecule has 0 saturated carbocycles. The first kappa shape index (κ1) is 20.2. The molecule has 0 aliphatic rings. The fourth-order valence-corrected chi connectivity index (χ4v) is 3.10. The highest BCUT2D eigenvalue weighted by Gasteiger charge is 2.15. The summed E-state index contributed by atoms with van der Waals surface area (Å²) in [5.41, 5.74) is 0.400. The lowest BCUT2D eigenvalue weighted by Crippen LogP contribution is -2.28. The Morgan fingerprint density at radius 2 is 1.48 bits per heavy atom. The molecule has 0 atom stereocenters. The molecule has 0 radical (unpaired) electrons. The van der Waals surface area contributed by atoms with Crippen molar-refractivity contribution in [3.8, 4) is 11.5 Å². The highest BCUT2D eigenvalue weighted by molar-refractivity contribution is 7.90. The molecule has 0 aromatic heterocycles. The average molecular weight is 392 g/mol. The first-order valence-corrected chi connectivity index (χ1v) is 9.57. The van der Waals surface area contributed by atoms with Gasteiger partial charge in [-0.05, 0) is 55.5 Å². The van der Waals surface area contributed by atoms with Crippen molar-refractivity contribution in [3.05, 3.63) is 48.5 Å². The smallest absolute Gasteiger partial charge is 0.264 e. The Morgan fingerprint density at radius 1 is 0.926 bits per heavy atom. The monoisotopic (exact) mass is 392 g/mol. The highest BCUT2D eigenvalue weighted by atomic mass is 32.2. The van der Waals surface area contributed by atoms with E-state index in [1.807, 2.05) is 11.6 Å². The molecule has 27 heavy (non-hydrogen) atoms. The Kier molecular flexibility index (Phi) is 6.78. The highest BCUT2D eigenvalue weighted by Crippen LogP contribution is 2.18. The van der Waals surface area contributed by atoms with Crippen LogP contribution < -0.4 is 19.5 Å². The van der Waals surface area contributed by atoms with E-state index in [4.69, 9.17) is 9.47 Å². The van der Waals surface area contributed by atoms with Crippen LogP contribution in [0, 0.1) is 0 Å². The summed E-state index contributed by atoms with van der Waals surface area (Å²) in [5, 5.41) is 2.59. The van der Waals surface area contributed by atoms with E-state index in [1.54, 1.807) is 24.3 Å². The van der Waals surface area contributed by atoms with Gasteiger partial charge in [0.25, 0.3) is 15.9 Å². The van der Waals surface area contributed by atoms with E-state index >= 15 is 0 Å². The standard InChI is InChI=1S/C18H20N2O6S/c1-3-25-15-6-8-16(9-7-15)26-12-18(22)19-14-4-10-17(11-5-14)27(23,24)20-13(2)21/h4-11H,3,12H2,1-2H3,(H,19,22)(H,20,21). The zero-order valence-corrected chi connectivity index (χ0v) is 15.7. The predicted molar refractivity (Wildman–Crippen MR) is 99.2 cm³/mol. The molecule has 0 heterocycles. The van der Waals surface area contributed by atoms with Crippen LogP contribution in [0.25, 0.3) is 0 Å². The number of sulfonamides is 1. The third-order valence-corrected chi connectivity index (χ3v) is 4.68. The molecular formula is C18H20N2O6S. The molecule has 2 N–H and O–H groups in total. The van der Waals surface area contributed by atoms with Gasteiger partial charge in [0.15, 0.2) is 6.61 Å². The van der Waals surface area contributed by atoms with Crippen LogP contribution in [0.4, 0.5) is 5.69 Å². The molecule has 2 aromatic rings. The first-order chi connectivity index (χ1) is 12.8. The Morgan fingerprint density at radius 3 is 2.00 bits per heavy atom. The van der Waals surface area contributed by atoms with Crippen molar-refractivity contribution in [1.82, 2.24) is 4.72 Å². The van der Waals surface area contributed by atoms with Gasteiger partial charge in [-0.3, -0.25) is 9.59 Å². The number of ether oxygens (including phenoxy) is 2. The minimum atomic E-state index is -3.91. The van der Waals surface area contributed by atoms with E-state index in [0.29, 0.717) is 23.8 Å². The van der Waals surface area contributed by atoms with Crippen LogP contribution in [0.15, 0.2) is 53.4 Å². The zero-order valence-electron chi connectivity index (χ0n) is 14.9. The van der Waals surface area contributed by atoms with E-state index in [9.17, 15) is 18.0 Å². The second kappa shape index (κ2) is 9.04. The van der Waals surface area contributed by atoms with Gasteiger partial charge in [0.1, 0.15) is 11.5 Å². The molecule has 8 nitrogen and oxygen atoms in total. The second-order valence-electron chi connectivity index (χ2n) is 5.43. The topological polar surface area (TPSA) is 111 Å². The Labute approximate surface area is 157 Å². The fraction of sp³-hybridized carbons (Fsp3) is 0.222. The number of nitrogens with one attached hydrogen (secondary N) is 2. The lowest BCUT2D eigenvalue weighted by Gasteiger charge is -2.09. The van der Waals surface area contributed by atoms with Crippen molar-refractivity contribution in [2.75, 3.05) is 18.5 Å². The summed E-state index contributed by atoms with van der Waals surface area (Å²) in [5.74, 6) is 0.147. The number of carbonyl (C=O) groups excluding carboxylic acids is 2. The van der Waals surface area contributed by atoms with Crippen LogP contribution in [-0.2, 0) is 19.6 Å². The Balaban J connectivity index is 1.89. The van der Waals surface area contributed by atoms with Crippen molar-refractivity contribution >= 4 is 27.5 Å². The number of amides is 2. The minimum Gasteiger partial charge on any atom is -0.494 e. The summed E-state index contributed by atoms with van der Waals surface area (Å²) < 4.78 is 36.3. The molecule has 2 amide bonds. The Hall–Kier alpha value is -3.07. The maximum Gasteiger partial charge on any atom is 0.264 e. The van der Waals surface area contributed by atoms with Crippen molar-refractivity contribution in [2.24, 2.45) is 0 Å². The molecule has 0 fully saturated rings. The van der Waals surface area contributed by atoms with E-state index in [2.05, 4.69) is 5.32 Å². The van der Waals surface area contributed by atoms with E-state index in [1.165, 1.54) is 24.3 Å². The summed E-state index contributed by atoms with van der Waals surface area (Å²) in [6.07, 6.45) is 0. The molecule has 0 unspecified atom stereocenters. The molecule has 9 heteroatoms. The van der Waals surface area contributed by atoms with Crippen LogP contribution in [-0.4, -0.2) is 33.4 Å².